The van der Waals surface area contributed by atoms with Crippen LogP contribution in [0.4, 0.5) is 4.79 Å². The molecule has 0 spiro atoms. The van der Waals surface area contributed by atoms with Gasteiger partial charge >= 0.3 is 6.03 Å². The Bertz CT molecular complexity index is 485. The van der Waals surface area contributed by atoms with Crippen LogP contribution in [-0.4, -0.2) is 37.0 Å². The van der Waals surface area contributed by atoms with Gasteiger partial charge in [0.15, 0.2) is 0 Å². The van der Waals surface area contributed by atoms with E-state index in [1.165, 1.54) is 0 Å². The van der Waals surface area contributed by atoms with Gasteiger partial charge in [-0.1, -0.05) is 18.2 Å². The van der Waals surface area contributed by atoms with Crippen LogP contribution in [0.1, 0.15) is 12.0 Å². The van der Waals surface area contributed by atoms with Gasteiger partial charge in [0.05, 0.1) is 7.11 Å². The maximum Gasteiger partial charge on any atom is 0.318 e. The summed E-state index contributed by atoms with van der Waals surface area (Å²) in [5.41, 5.74) is 6.00. The molecule has 0 saturated carbocycles. The summed E-state index contributed by atoms with van der Waals surface area (Å²) < 4.78 is 5.11. The summed E-state index contributed by atoms with van der Waals surface area (Å²) in [5.74, 6) is 0.418. The van der Waals surface area contributed by atoms with Crippen molar-refractivity contribution in [2.45, 2.75) is 13.0 Å². The number of carbonyl (C=O) groups is 2. The molecule has 0 atom stereocenters. The van der Waals surface area contributed by atoms with E-state index < -0.39 is 6.03 Å². The highest BCUT2D eigenvalue weighted by molar-refractivity contribution is 5.93. The third-order valence-corrected chi connectivity index (χ3v) is 2.87. The molecule has 1 rings (SSSR count). The fourth-order valence-corrected chi connectivity index (χ4v) is 1.87. The van der Waals surface area contributed by atoms with Crippen molar-refractivity contribution in [2.24, 2.45) is 5.73 Å². The van der Waals surface area contributed by atoms with Crippen LogP contribution < -0.4 is 15.8 Å². The number of urea groups is 1. The van der Waals surface area contributed by atoms with E-state index in [1.807, 2.05) is 24.3 Å². The minimum Gasteiger partial charge on any atom is -0.497 e. The fourth-order valence-electron chi connectivity index (χ4n) is 1.87. The number of hydrogen-bond donors (Lipinski definition) is 2. The first-order chi connectivity index (χ1) is 10.0. The van der Waals surface area contributed by atoms with Crippen molar-refractivity contribution >= 4 is 11.9 Å². The lowest BCUT2D eigenvalue weighted by Crippen LogP contribution is -2.37. The molecule has 0 heterocycles. The minimum atomic E-state index is -0.828. The second-order valence-corrected chi connectivity index (χ2v) is 4.53. The number of amides is 3. The molecule has 6 heteroatoms. The summed E-state index contributed by atoms with van der Waals surface area (Å²) in [6.07, 6.45) is 1.97. The van der Waals surface area contributed by atoms with Crippen LogP contribution in [0.3, 0.4) is 0 Å². The third-order valence-electron chi connectivity index (χ3n) is 2.87. The fraction of sp³-hybridized carbons (Fsp3) is 0.333. The summed E-state index contributed by atoms with van der Waals surface area (Å²) >= 11 is 0. The Labute approximate surface area is 124 Å². The Balaban J connectivity index is 2.53. The molecule has 0 radical (unpaired) electrons. The van der Waals surface area contributed by atoms with E-state index in [0.717, 1.165) is 11.3 Å². The normalized spacial score (nSPS) is 10.2. The van der Waals surface area contributed by atoms with Crippen molar-refractivity contribution in [1.82, 2.24) is 10.2 Å². The number of hydrogen-bond acceptors (Lipinski definition) is 4. The number of rotatable bonds is 8. The number of nitrogens with two attached hydrogens (primary N) is 1. The molecule has 21 heavy (non-hydrogen) atoms. The number of nitrogens with zero attached hydrogens (tertiary/aromatic N) is 1. The van der Waals surface area contributed by atoms with Gasteiger partial charge in [-0.25, -0.2) is 4.79 Å². The zero-order valence-electron chi connectivity index (χ0n) is 12.2. The Hall–Kier alpha value is -2.34. The number of primary amides is 1. The quantitative estimate of drug-likeness (QED) is 0.706. The lowest BCUT2D eigenvalue weighted by Gasteiger charge is -2.20. The Kier molecular flexibility index (Phi) is 6.97. The predicted molar refractivity (Wildman–Crippen MR) is 80.8 cm³/mol. The average Bonchev–Trinajstić information content (AvgIpc) is 2.45. The van der Waals surface area contributed by atoms with Gasteiger partial charge in [-0.3, -0.25) is 15.0 Å². The first-order valence-corrected chi connectivity index (χ1v) is 6.60. The highest BCUT2D eigenvalue weighted by atomic mass is 16.5. The Morgan fingerprint density at radius 2 is 2.05 bits per heavy atom. The number of imide groups is 1. The molecular weight excluding hydrogens is 270 g/mol. The highest BCUT2D eigenvalue weighted by Crippen LogP contribution is 2.13. The van der Waals surface area contributed by atoms with Gasteiger partial charge in [-0.15, -0.1) is 6.58 Å². The Morgan fingerprint density at radius 3 is 2.57 bits per heavy atom. The summed E-state index contributed by atoms with van der Waals surface area (Å²) in [6.45, 7) is 5.55. The standard InChI is InChI=1S/C15H21N3O3/c1-3-9-18(10-8-14(19)17-15(16)20)11-12-4-6-13(21-2)7-5-12/h3-7H,1,8-11H2,2H3,(H3,16,17,19,20). The van der Waals surface area contributed by atoms with Gasteiger partial charge < -0.3 is 10.5 Å². The van der Waals surface area contributed by atoms with E-state index in [1.54, 1.807) is 13.2 Å². The van der Waals surface area contributed by atoms with Gasteiger partial charge in [0.2, 0.25) is 5.91 Å². The minimum absolute atomic E-state index is 0.201. The maximum atomic E-state index is 11.4. The zero-order chi connectivity index (χ0) is 15.7. The predicted octanol–water partition coefficient (Wildman–Crippen LogP) is 1.27. The van der Waals surface area contributed by atoms with Crippen LogP contribution >= 0.6 is 0 Å². The Morgan fingerprint density at radius 1 is 1.38 bits per heavy atom. The molecule has 0 unspecified atom stereocenters. The third kappa shape index (κ3) is 6.58. The molecule has 3 N–H and O–H groups in total. The molecule has 0 bridgehead atoms. The number of benzene rings is 1. The van der Waals surface area contributed by atoms with E-state index in [9.17, 15) is 9.59 Å². The topological polar surface area (TPSA) is 84.7 Å². The summed E-state index contributed by atoms with van der Waals surface area (Å²) in [4.78, 5) is 24.0. The number of methoxy groups -OCH3 is 1. The summed E-state index contributed by atoms with van der Waals surface area (Å²) in [7, 11) is 1.62. The maximum absolute atomic E-state index is 11.4. The van der Waals surface area contributed by atoms with E-state index in [-0.39, 0.29) is 12.3 Å². The van der Waals surface area contributed by atoms with Crippen LogP contribution in [-0.2, 0) is 11.3 Å². The summed E-state index contributed by atoms with van der Waals surface area (Å²) in [6, 6.07) is 6.89. The average molecular weight is 291 g/mol. The van der Waals surface area contributed by atoms with Crippen LogP contribution in [0.25, 0.3) is 0 Å². The van der Waals surface area contributed by atoms with E-state index in [2.05, 4.69) is 16.8 Å². The summed E-state index contributed by atoms with van der Waals surface area (Å²) in [5, 5.41) is 2.05. The SMILES string of the molecule is C=CCN(CCC(=O)NC(N)=O)Cc1ccc(OC)cc1. The van der Waals surface area contributed by atoms with Crippen molar-refractivity contribution in [2.75, 3.05) is 20.2 Å². The first kappa shape index (κ1) is 16.7. The van der Waals surface area contributed by atoms with Crippen LogP contribution in [0.2, 0.25) is 0 Å². The molecular formula is C15H21N3O3. The van der Waals surface area contributed by atoms with Crippen molar-refractivity contribution in [3.8, 4) is 5.75 Å². The van der Waals surface area contributed by atoms with Crippen molar-refractivity contribution in [3.63, 3.8) is 0 Å². The van der Waals surface area contributed by atoms with Gasteiger partial charge in [-0.2, -0.15) is 0 Å². The first-order valence-electron chi connectivity index (χ1n) is 6.60. The molecule has 0 fully saturated rings. The van der Waals surface area contributed by atoms with E-state index in [0.29, 0.717) is 19.6 Å². The molecule has 0 aliphatic heterocycles. The largest absolute Gasteiger partial charge is 0.497 e. The lowest BCUT2D eigenvalue weighted by molar-refractivity contribution is -0.120. The van der Waals surface area contributed by atoms with Crippen LogP contribution in [0.15, 0.2) is 36.9 Å². The molecule has 0 saturated heterocycles. The zero-order valence-corrected chi connectivity index (χ0v) is 12.2. The van der Waals surface area contributed by atoms with E-state index in [4.69, 9.17) is 10.5 Å². The van der Waals surface area contributed by atoms with Gasteiger partial charge in [0.25, 0.3) is 0 Å². The van der Waals surface area contributed by atoms with Crippen LogP contribution in [0, 0.1) is 0 Å². The van der Waals surface area contributed by atoms with Crippen molar-refractivity contribution < 1.29 is 14.3 Å². The van der Waals surface area contributed by atoms with Crippen LogP contribution in [0.5, 0.6) is 5.75 Å². The van der Waals surface area contributed by atoms with Gasteiger partial charge in [0.1, 0.15) is 5.75 Å². The van der Waals surface area contributed by atoms with Crippen molar-refractivity contribution in [1.29, 1.82) is 0 Å². The molecule has 0 aliphatic carbocycles. The van der Waals surface area contributed by atoms with Gasteiger partial charge in [0, 0.05) is 26.1 Å². The lowest BCUT2D eigenvalue weighted by atomic mass is 10.2. The molecule has 114 valence electrons. The smallest absolute Gasteiger partial charge is 0.318 e. The second-order valence-electron chi connectivity index (χ2n) is 4.53. The number of ether oxygens (including phenoxy) is 1. The highest BCUT2D eigenvalue weighted by Gasteiger charge is 2.09. The molecule has 6 nitrogen and oxygen atoms in total. The van der Waals surface area contributed by atoms with Crippen molar-refractivity contribution in [3.05, 3.63) is 42.5 Å². The monoisotopic (exact) mass is 291 g/mol. The molecule has 1 aromatic carbocycles. The molecule has 1 aromatic rings. The molecule has 0 aromatic heterocycles. The molecule has 0 aliphatic rings. The number of carbonyl (C=O) groups excluding carboxylic acids is 2. The second kappa shape index (κ2) is 8.76. The number of nitrogens with one attached hydrogen (secondary N) is 1. The van der Waals surface area contributed by atoms with E-state index >= 15 is 0 Å². The molecule has 3 amide bonds. The van der Waals surface area contributed by atoms with Gasteiger partial charge in [-0.05, 0) is 17.7 Å².